The van der Waals surface area contributed by atoms with Gasteiger partial charge in [0, 0.05) is 4.90 Å². The van der Waals surface area contributed by atoms with E-state index in [1.54, 1.807) is 12.1 Å². The van der Waals surface area contributed by atoms with Gasteiger partial charge in [-0.3, -0.25) is 0 Å². The Bertz CT molecular complexity index is 418. The molecule has 1 rings (SSSR count). The maximum Gasteiger partial charge on any atom is 0.339 e. The molecule has 3 heteroatoms. The van der Waals surface area contributed by atoms with Crippen LogP contribution in [-0.2, 0) is 4.74 Å². The summed E-state index contributed by atoms with van der Waals surface area (Å²) in [7, 11) is 0. The molecule has 0 amide bonds. The second kappa shape index (κ2) is 12.6. The lowest BCUT2D eigenvalue weighted by Crippen LogP contribution is -2.07. The molecule has 0 radical (unpaired) electrons. The van der Waals surface area contributed by atoms with Crippen molar-refractivity contribution in [2.75, 3.05) is 6.61 Å². The zero-order valence-corrected chi connectivity index (χ0v) is 14.7. The van der Waals surface area contributed by atoms with Crippen molar-refractivity contribution >= 4 is 18.6 Å². The second-order valence-corrected chi connectivity index (χ2v) is 6.32. The zero-order chi connectivity index (χ0) is 16.0. The molecule has 0 aliphatic heterocycles. The Hall–Kier alpha value is -0.960. The second-order valence-electron chi connectivity index (χ2n) is 5.84. The van der Waals surface area contributed by atoms with Crippen LogP contribution in [0.2, 0.25) is 0 Å². The highest BCUT2D eigenvalue weighted by molar-refractivity contribution is 7.80. The van der Waals surface area contributed by atoms with Gasteiger partial charge in [-0.05, 0) is 18.6 Å². The van der Waals surface area contributed by atoms with Crippen LogP contribution in [0.5, 0.6) is 0 Å². The summed E-state index contributed by atoms with van der Waals surface area (Å²) < 4.78 is 5.29. The van der Waals surface area contributed by atoms with E-state index in [0.29, 0.717) is 17.1 Å². The quantitative estimate of drug-likeness (QED) is 0.288. The predicted octanol–water partition coefficient (Wildman–Crippen LogP) is 6.05. The Kier molecular flexibility index (Phi) is 10.9. The predicted molar refractivity (Wildman–Crippen MR) is 95.8 cm³/mol. The monoisotopic (exact) mass is 322 g/mol. The first-order valence-corrected chi connectivity index (χ1v) is 9.15. The summed E-state index contributed by atoms with van der Waals surface area (Å²) in [6.07, 6.45) is 12.8. The van der Waals surface area contributed by atoms with Crippen molar-refractivity contribution in [3.63, 3.8) is 0 Å². The smallest absolute Gasteiger partial charge is 0.339 e. The Morgan fingerprint density at radius 3 is 2.05 bits per heavy atom. The minimum Gasteiger partial charge on any atom is -0.462 e. The number of thiol groups is 1. The fourth-order valence-electron chi connectivity index (χ4n) is 2.48. The molecular formula is C19H30O2S. The molecule has 0 aliphatic rings. The van der Waals surface area contributed by atoms with E-state index in [-0.39, 0.29) is 5.97 Å². The highest BCUT2D eigenvalue weighted by atomic mass is 32.1. The van der Waals surface area contributed by atoms with E-state index in [1.165, 1.54) is 51.4 Å². The summed E-state index contributed by atoms with van der Waals surface area (Å²) in [4.78, 5) is 12.5. The molecular weight excluding hydrogens is 292 g/mol. The van der Waals surface area contributed by atoms with Gasteiger partial charge in [0.25, 0.3) is 0 Å². The van der Waals surface area contributed by atoms with Crippen molar-refractivity contribution < 1.29 is 9.53 Å². The van der Waals surface area contributed by atoms with Gasteiger partial charge in [0.05, 0.1) is 12.2 Å². The fraction of sp³-hybridized carbons (Fsp3) is 0.632. The maximum atomic E-state index is 11.9. The van der Waals surface area contributed by atoms with Crippen LogP contribution < -0.4 is 0 Å². The Morgan fingerprint density at radius 1 is 0.909 bits per heavy atom. The number of unbranched alkanes of at least 4 members (excludes halogenated alkanes) is 9. The molecule has 0 saturated heterocycles. The van der Waals surface area contributed by atoms with Gasteiger partial charge in [0.15, 0.2) is 0 Å². The van der Waals surface area contributed by atoms with Gasteiger partial charge < -0.3 is 4.74 Å². The lowest BCUT2D eigenvalue weighted by Gasteiger charge is -2.06. The van der Waals surface area contributed by atoms with Crippen molar-refractivity contribution in [2.45, 2.75) is 76.0 Å². The van der Waals surface area contributed by atoms with Crippen LogP contribution in [0.1, 0.15) is 81.5 Å². The molecule has 0 saturated carbocycles. The van der Waals surface area contributed by atoms with E-state index in [9.17, 15) is 4.79 Å². The van der Waals surface area contributed by atoms with Gasteiger partial charge in [0.2, 0.25) is 0 Å². The van der Waals surface area contributed by atoms with E-state index >= 15 is 0 Å². The molecule has 0 unspecified atom stereocenters. The van der Waals surface area contributed by atoms with Gasteiger partial charge in [-0.15, -0.1) is 12.6 Å². The van der Waals surface area contributed by atoms with Gasteiger partial charge in [-0.2, -0.15) is 0 Å². The van der Waals surface area contributed by atoms with Crippen molar-refractivity contribution in [1.29, 1.82) is 0 Å². The van der Waals surface area contributed by atoms with E-state index in [4.69, 9.17) is 4.74 Å². The van der Waals surface area contributed by atoms with E-state index in [2.05, 4.69) is 19.6 Å². The SMILES string of the molecule is CCCCCCCCCCCCOC(=O)c1ccccc1S. The maximum absolute atomic E-state index is 11.9. The average molecular weight is 323 g/mol. The number of hydrogen-bond acceptors (Lipinski definition) is 3. The summed E-state index contributed by atoms with van der Waals surface area (Å²) in [6.45, 7) is 2.76. The lowest BCUT2D eigenvalue weighted by molar-refractivity contribution is 0.0493. The highest BCUT2D eigenvalue weighted by Crippen LogP contribution is 2.14. The molecule has 1 aromatic carbocycles. The number of benzene rings is 1. The largest absolute Gasteiger partial charge is 0.462 e. The van der Waals surface area contributed by atoms with Crippen molar-refractivity contribution in [2.24, 2.45) is 0 Å². The Morgan fingerprint density at radius 2 is 1.45 bits per heavy atom. The summed E-state index contributed by atoms with van der Waals surface area (Å²) in [5, 5.41) is 0. The molecule has 1 aromatic rings. The molecule has 0 heterocycles. The number of carbonyl (C=O) groups is 1. The third kappa shape index (κ3) is 8.47. The number of rotatable bonds is 12. The summed E-state index contributed by atoms with van der Waals surface area (Å²) >= 11 is 4.27. The summed E-state index contributed by atoms with van der Waals surface area (Å²) in [5.41, 5.74) is 0.554. The van der Waals surface area contributed by atoms with Gasteiger partial charge in [0.1, 0.15) is 0 Å². The van der Waals surface area contributed by atoms with Crippen LogP contribution in [0.15, 0.2) is 29.2 Å². The zero-order valence-electron chi connectivity index (χ0n) is 13.9. The summed E-state index contributed by atoms with van der Waals surface area (Å²) in [5.74, 6) is -0.262. The van der Waals surface area contributed by atoms with Gasteiger partial charge in [-0.25, -0.2) is 4.79 Å². The number of ether oxygens (including phenoxy) is 1. The highest BCUT2D eigenvalue weighted by Gasteiger charge is 2.09. The van der Waals surface area contributed by atoms with Crippen molar-refractivity contribution in [3.05, 3.63) is 29.8 Å². The van der Waals surface area contributed by atoms with E-state index < -0.39 is 0 Å². The molecule has 22 heavy (non-hydrogen) atoms. The molecule has 0 fully saturated rings. The molecule has 0 aromatic heterocycles. The molecule has 2 nitrogen and oxygen atoms in total. The molecule has 0 bridgehead atoms. The number of esters is 1. The van der Waals surface area contributed by atoms with Crippen LogP contribution in [0.25, 0.3) is 0 Å². The standard InChI is InChI=1S/C19H30O2S/c1-2-3-4-5-6-7-8-9-10-13-16-21-19(20)17-14-11-12-15-18(17)22/h11-12,14-15,22H,2-10,13,16H2,1H3. The van der Waals surface area contributed by atoms with Crippen molar-refractivity contribution in [1.82, 2.24) is 0 Å². The van der Waals surface area contributed by atoms with Crippen LogP contribution in [0.4, 0.5) is 0 Å². The fourth-order valence-corrected chi connectivity index (χ4v) is 2.73. The van der Waals surface area contributed by atoms with E-state index in [0.717, 1.165) is 12.8 Å². The summed E-state index contributed by atoms with van der Waals surface area (Å²) in [6, 6.07) is 7.25. The molecule has 0 spiro atoms. The first-order chi connectivity index (χ1) is 10.8. The Labute approximate surface area is 141 Å². The number of hydrogen-bond donors (Lipinski definition) is 1. The normalized spacial score (nSPS) is 10.6. The van der Waals surface area contributed by atoms with Crippen molar-refractivity contribution in [3.8, 4) is 0 Å². The third-order valence-corrected chi connectivity index (χ3v) is 4.24. The van der Waals surface area contributed by atoms with Gasteiger partial charge in [-0.1, -0.05) is 76.8 Å². The molecule has 124 valence electrons. The number of carbonyl (C=O) groups excluding carboxylic acids is 1. The first-order valence-electron chi connectivity index (χ1n) is 8.70. The topological polar surface area (TPSA) is 26.3 Å². The molecule has 0 atom stereocenters. The minimum atomic E-state index is -0.262. The third-order valence-electron chi connectivity index (χ3n) is 3.86. The lowest BCUT2D eigenvalue weighted by atomic mass is 10.1. The van der Waals surface area contributed by atoms with Crippen LogP contribution in [-0.4, -0.2) is 12.6 Å². The molecule has 0 aliphatic carbocycles. The first kappa shape index (κ1) is 19.1. The van der Waals surface area contributed by atoms with E-state index in [1.807, 2.05) is 12.1 Å². The van der Waals surface area contributed by atoms with Gasteiger partial charge >= 0.3 is 5.97 Å². The van der Waals surface area contributed by atoms with Crippen LogP contribution in [0, 0.1) is 0 Å². The minimum absolute atomic E-state index is 0.262. The van der Waals surface area contributed by atoms with Crippen LogP contribution >= 0.6 is 12.6 Å². The Balaban J connectivity index is 1.95. The average Bonchev–Trinajstić information content (AvgIpc) is 2.53. The molecule has 0 N–H and O–H groups in total. The van der Waals surface area contributed by atoms with Crippen LogP contribution in [0.3, 0.4) is 0 Å².